The van der Waals surface area contributed by atoms with Crippen LogP contribution in [0.4, 0.5) is 0 Å². The first-order valence-corrected chi connectivity index (χ1v) is 10.7. The number of fused-ring (bicyclic) bond motifs is 15. The van der Waals surface area contributed by atoms with Crippen LogP contribution in [0.15, 0.2) is 60.8 Å². The summed E-state index contributed by atoms with van der Waals surface area (Å²) >= 11 is 0. The Morgan fingerprint density at radius 3 is 2.53 bits per heavy atom. The van der Waals surface area contributed by atoms with Gasteiger partial charge in [-0.25, -0.2) is 4.79 Å². The van der Waals surface area contributed by atoms with Crippen molar-refractivity contribution in [2.45, 2.75) is 82.1 Å². The minimum atomic E-state index is -0.634. The summed E-state index contributed by atoms with van der Waals surface area (Å²) in [5.74, 6) is -0.387. The summed E-state index contributed by atoms with van der Waals surface area (Å²) in [6, 6.07) is 0. The molecule has 0 radical (unpaired) electrons. The molecule has 3 rings (SSSR count). The number of allylic oxidation sites excluding steroid dienone is 5. The van der Waals surface area contributed by atoms with Crippen molar-refractivity contribution in [1.29, 1.82) is 0 Å². The number of hydrogen-bond acceptors (Lipinski definition) is 6. The molecular weight excluding hydrogens is 384 g/mol. The lowest BCUT2D eigenvalue weighted by molar-refractivity contribution is -0.209. The van der Waals surface area contributed by atoms with Gasteiger partial charge in [0, 0.05) is 12.5 Å². The van der Waals surface area contributed by atoms with Gasteiger partial charge in [-0.05, 0) is 39.0 Å². The Balaban J connectivity index is 1.91. The van der Waals surface area contributed by atoms with Gasteiger partial charge in [-0.15, -0.1) is 0 Å². The van der Waals surface area contributed by atoms with E-state index < -0.39 is 18.3 Å². The van der Waals surface area contributed by atoms with E-state index in [9.17, 15) is 20.1 Å². The zero-order chi connectivity index (χ0) is 21.8. The van der Waals surface area contributed by atoms with Crippen LogP contribution in [0.3, 0.4) is 0 Å². The summed E-state index contributed by atoms with van der Waals surface area (Å²) in [5.41, 5.74) is 0. The second kappa shape index (κ2) is 13.3. The highest BCUT2D eigenvalue weighted by molar-refractivity contribution is 5.82. The highest BCUT2D eigenvalue weighted by atomic mass is 16.6. The fourth-order valence-electron chi connectivity index (χ4n) is 3.27. The van der Waals surface area contributed by atoms with Crippen LogP contribution in [-0.2, 0) is 14.3 Å². The fraction of sp³-hybridized carbons (Fsp3) is 0.542. The third-order valence-electron chi connectivity index (χ3n) is 5.02. The minimum absolute atomic E-state index is 0.179. The highest BCUT2D eigenvalue weighted by Crippen LogP contribution is 2.27. The zero-order valence-corrected chi connectivity index (χ0v) is 17.5. The predicted molar refractivity (Wildman–Crippen MR) is 116 cm³/mol. The number of rotatable bonds is 0. The number of aliphatic hydroxyl groups is 3. The Morgan fingerprint density at radius 2 is 1.73 bits per heavy atom. The standard InChI is InChI=1S/C24H34O6/c1-18-11-5-2-9-15-21-24(28)22(30-21)17-20(26)14-8-3-6-12-19(25)13-7-4-10-16-23(27)29-18/h3-4,6-10,12,15-16,18-22,24-26,28H,2,5,11,13-14,17H2,1H3/b7-4+,8-3-,12-6+,15-9+,16-10-. The molecule has 30 heavy (non-hydrogen) atoms. The van der Waals surface area contributed by atoms with Crippen LogP contribution in [0.5, 0.6) is 0 Å². The average molecular weight is 419 g/mol. The van der Waals surface area contributed by atoms with Gasteiger partial charge in [0.1, 0.15) is 12.2 Å². The Kier molecular flexibility index (Phi) is 10.8. The van der Waals surface area contributed by atoms with E-state index in [1.807, 2.05) is 25.2 Å². The molecule has 3 N–H and O–H groups in total. The molecule has 166 valence electrons. The number of ether oxygens (including phenoxy) is 2. The molecule has 6 heteroatoms. The van der Waals surface area contributed by atoms with Gasteiger partial charge in [-0.2, -0.15) is 0 Å². The summed E-state index contributed by atoms with van der Waals surface area (Å²) in [7, 11) is 0. The number of carbonyl (C=O) groups is 1. The molecule has 3 heterocycles. The van der Waals surface area contributed by atoms with E-state index in [4.69, 9.17) is 9.47 Å². The van der Waals surface area contributed by atoms with Gasteiger partial charge in [0.2, 0.25) is 0 Å². The van der Waals surface area contributed by atoms with E-state index in [2.05, 4.69) is 0 Å². The maximum absolute atomic E-state index is 11.8. The molecular formula is C24H34O6. The second-order valence-corrected chi connectivity index (χ2v) is 7.76. The maximum Gasteiger partial charge on any atom is 0.331 e. The summed E-state index contributed by atoms with van der Waals surface area (Å²) < 4.78 is 11.0. The van der Waals surface area contributed by atoms with E-state index in [-0.39, 0.29) is 24.3 Å². The Morgan fingerprint density at radius 1 is 0.967 bits per heavy atom. The van der Waals surface area contributed by atoms with Crippen LogP contribution in [0, 0.1) is 0 Å². The van der Waals surface area contributed by atoms with Crippen LogP contribution in [0.2, 0.25) is 0 Å². The van der Waals surface area contributed by atoms with Gasteiger partial charge in [0.05, 0.1) is 24.4 Å². The largest absolute Gasteiger partial charge is 0.460 e. The number of hydrogen-bond donors (Lipinski definition) is 3. The van der Waals surface area contributed by atoms with Crippen molar-refractivity contribution in [3.63, 3.8) is 0 Å². The van der Waals surface area contributed by atoms with E-state index in [0.717, 1.165) is 19.3 Å². The molecule has 1 fully saturated rings. The molecule has 2 bridgehead atoms. The molecule has 6 atom stereocenters. The third kappa shape index (κ3) is 9.22. The molecule has 0 saturated carbocycles. The Bertz CT molecular complexity index is 663. The van der Waals surface area contributed by atoms with Crippen LogP contribution in [-0.4, -0.2) is 57.9 Å². The Hall–Kier alpha value is -1.99. The maximum atomic E-state index is 11.8. The highest BCUT2D eigenvalue weighted by Gasteiger charge is 2.40. The molecule has 0 spiro atoms. The molecule has 0 aromatic heterocycles. The fourth-order valence-corrected chi connectivity index (χ4v) is 3.27. The lowest BCUT2D eigenvalue weighted by atomic mass is 9.94. The van der Waals surface area contributed by atoms with Crippen LogP contribution >= 0.6 is 0 Å². The summed E-state index contributed by atoms with van der Waals surface area (Å²) in [5, 5.41) is 30.2. The SMILES string of the molecule is CC1CCC/C=C/C2OC(CC(O)C/C=C\C=C\C(O)C/C=C/C=C\C(=O)O1)C2O. The predicted octanol–water partition coefficient (Wildman–Crippen LogP) is 2.90. The van der Waals surface area contributed by atoms with Crippen molar-refractivity contribution in [3.05, 3.63) is 60.8 Å². The topological polar surface area (TPSA) is 96.2 Å². The number of carbonyl (C=O) groups excluding carboxylic acids is 1. The average Bonchev–Trinajstić information content (AvgIpc) is 2.70. The van der Waals surface area contributed by atoms with Gasteiger partial charge in [0.25, 0.3) is 0 Å². The first kappa shape index (κ1) is 24.3. The molecule has 0 aromatic carbocycles. The van der Waals surface area contributed by atoms with Crippen molar-refractivity contribution >= 4 is 5.97 Å². The lowest BCUT2D eigenvalue weighted by Gasteiger charge is -2.41. The first-order valence-electron chi connectivity index (χ1n) is 10.7. The van der Waals surface area contributed by atoms with Crippen molar-refractivity contribution in [2.24, 2.45) is 0 Å². The number of esters is 1. The van der Waals surface area contributed by atoms with Gasteiger partial charge in [-0.1, -0.05) is 54.7 Å². The van der Waals surface area contributed by atoms with Gasteiger partial charge >= 0.3 is 5.97 Å². The molecule has 0 aliphatic carbocycles. The molecule has 3 aliphatic heterocycles. The van der Waals surface area contributed by atoms with E-state index >= 15 is 0 Å². The molecule has 6 nitrogen and oxygen atoms in total. The summed E-state index contributed by atoms with van der Waals surface area (Å²) in [6.07, 6.45) is 18.2. The number of aliphatic hydroxyl groups excluding tert-OH is 3. The lowest BCUT2D eigenvalue weighted by Crippen LogP contribution is -2.53. The van der Waals surface area contributed by atoms with Crippen molar-refractivity contribution in [1.82, 2.24) is 0 Å². The van der Waals surface area contributed by atoms with Crippen LogP contribution in [0.25, 0.3) is 0 Å². The smallest absolute Gasteiger partial charge is 0.331 e. The van der Waals surface area contributed by atoms with E-state index in [0.29, 0.717) is 19.3 Å². The molecule has 1 saturated heterocycles. The monoisotopic (exact) mass is 418 g/mol. The zero-order valence-electron chi connectivity index (χ0n) is 17.5. The first-order chi connectivity index (χ1) is 14.5. The quantitative estimate of drug-likeness (QED) is 0.414. The van der Waals surface area contributed by atoms with E-state index in [1.165, 1.54) is 6.08 Å². The molecule has 0 aromatic rings. The van der Waals surface area contributed by atoms with Gasteiger partial charge < -0.3 is 24.8 Å². The third-order valence-corrected chi connectivity index (χ3v) is 5.02. The van der Waals surface area contributed by atoms with Gasteiger partial charge in [0.15, 0.2) is 0 Å². The molecule has 6 unspecified atom stereocenters. The molecule has 3 aliphatic rings. The molecule has 0 amide bonds. The van der Waals surface area contributed by atoms with Crippen molar-refractivity contribution in [2.75, 3.05) is 0 Å². The van der Waals surface area contributed by atoms with Crippen LogP contribution in [0.1, 0.15) is 45.4 Å². The summed E-state index contributed by atoms with van der Waals surface area (Å²) in [6.45, 7) is 1.86. The minimum Gasteiger partial charge on any atom is -0.460 e. The van der Waals surface area contributed by atoms with E-state index in [1.54, 1.807) is 36.5 Å². The normalized spacial score (nSPS) is 40.1. The summed E-state index contributed by atoms with van der Waals surface area (Å²) in [4.78, 5) is 11.8. The van der Waals surface area contributed by atoms with Gasteiger partial charge in [-0.3, -0.25) is 0 Å². The van der Waals surface area contributed by atoms with Crippen molar-refractivity contribution < 1.29 is 29.6 Å². The van der Waals surface area contributed by atoms with Crippen LogP contribution < -0.4 is 0 Å². The second-order valence-electron chi connectivity index (χ2n) is 7.76. The Labute approximate surface area is 178 Å². The van der Waals surface area contributed by atoms with Crippen molar-refractivity contribution in [3.8, 4) is 0 Å².